The number of carbonyl (C=O) groups excluding carboxylic acids is 1. The molecule has 2 amide bonds. The maximum atomic E-state index is 11.9. The molecule has 2 N–H and O–H groups in total. The SMILES string of the molecule is O=C(Nc1cnc(-n2ccnc2)nc1)Nc1cccc(Cl)c1. The second-order valence-corrected chi connectivity index (χ2v) is 4.77. The van der Waals surface area contributed by atoms with Crippen molar-refractivity contribution in [1.82, 2.24) is 19.5 Å². The summed E-state index contributed by atoms with van der Waals surface area (Å²) in [5.41, 5.74) is 1.07. The number of benzene rings is 1. The average Bonchev–Trinajstić information content (AvgIpc) is 3.02. The van der Waals surface area contributed by atoms with Crippen LogP contribution in [0.1, 0.15) is 0 Å². The lowest BCUT2D eigenvalue weighted by Crippen LogP contribution is -2.19. The van der Waals surface area contributed by atoms with Crippen molar-refractivity contribution in [2.24, 2.45) is 0 Å². The highest BCUT2D eigenvalue weighted by molar-refractivity contribution is 6.30. The molecule has 0 atom stereocenters. The number of halogens is 1. The van der Waals surface area contributed by atoms with Gasteiger partial charge in [0, 0.05) is 23.1 Å². The standard InChI is InChI=1S/C14H11ClN6O/c15-10-2-1-3-11(6-10)19-14(22)20-12-7-17-13(18-8-12)21-5-4-16-9-21/h1-9H,(H2,19,20,22). The van der Waals surface area contributed by atoms with Crippen molar-refractivity contribution in [3.63, 3.8) is 0 Å². The van der Waals surface area contributed by atoms with E-state index in [1.54, 1.807) is 47.6 Å². The van der Waals surface area contributed by atoms with E-state index in [4.69, 9.17) is 11.6 Å². The smallest absolute Gasteiger partial charge is 0.308 e. The van der Waals surface area contributed by atoms with Gasteiger partial charge in [-0.2, -0.15) is 0 Å². The highest BCUT2D eigenvalue weighted by atomic mass is 35.5. The molecular formula is C14H11ClN6O. The summed E-state index contributed by atoms with van der Waals surface area (Å²) < 4.78 is 1.66. The van der Waals surface area contributed by atoms with E-state index in [9.17, 15) is 4.79 Å². The van der Waals surface area contributed by atoms with Crippen LogP contribution < -0.4 is 10.6 Å². The zero-order chi connectivity index (χ0) is 15.4. The molecule has 0 aliphatic heterocycles. The Hall–Kier alpha value is -2.93. The van der Waals surface area contributed by atoms with Gasteiger partial charge in [-0.15, -0.1) is 0 Å². The average molecular weight is 315 g/mol. The van der Waals surface area contributed by atoms with E-state index in [1.165, 1.54) is 12.4 Å². The molecule has 0 fully saturated rings. The molecule has 3 rings (SSSR count). The second-order valence-electron chi connectivity index (χ2n) is 4.33. The summed E-state index contributed by atoms with van der Waals surface area (Å²) in [6.07, 6.45) is 7.98. The van der Waals surface area contributed by atoms with Crippen molar-refractivity contribution >= 4 is 29.0 Å². The van der Waals surface area contributed by atoms with Crippen molar-refractivity contribution in [2.75, 3.05) is 10.6 Å². The minimum atomic E-state index is -0.402. The van der Waals surface area contributed by atoms with E-state index in [0.717, 1.165) is 0 Å². The molecule has 2 heterocycles. The Balaban J connectivity index is 1.64. The summed E-state index contributed by atoms with van der Waals surface area (Å²) in [6, 6.07) is 6.47. The number of nitrogens with one attached hydrogen (secondary N) is 2. The van der Waals surface area contributed by atoms with Crippen LogP contribution in [0.5, 0.6) is 0 Å². The van der Waals surface area contributed by atoms with Crippen molar-refractivity contribution < 1.29 is 4.79 Å². The van der Waals surface area contributed by atoms with Crippen LogP contribution in [0.3, 0.4) is 0 Å². The third-order valence-corrected chi connectivity index (χ3v) is 2.95. The summed E-state index contributed by atoms with van der Waals surface area (Å²) in [5.74, 6) is 0.471. The highest BCUT2D eigenvalue weighted by Crippen LogP contribution is 2.15. The van der Waals surface area contributed by atoms with Gasteiger partial charge >= 0.3 is 6.03 Å². The largest absolute Gasteiger partial charge is 0.323 e. The molecule has 22 heavy (non-hydrogen) atoms. The van der Waals surface area contributed by atoms with Gasteiger partial charge in [0.05, 0.1) is 18.1 Å². The molecule has 2 aromatic heterocycles. The van der Waals surface area contributed by atoms with Crippen LogP contribution in [0, 0.1) is 0 Å². The van der Waals surface area contributed by atoms with Gasteiger partial charge in [-0.3, -0.25) is 4.57 Å². The van der Waals surface area contributed by atoms with Gasteiger partial charge in [0.2, 0.25) is 5.95 Å². The number of imidazole rings is 1. The molecule has 110 valence electrons. The molecule has 3 aromatic rings. The first-order valence-corrected chi connectivity index (χ1v) is 6.72. The number of nitrogens with zero attached hydrogens (tertiary/aromatic N) is 4. The molecular weight excluding hydrogens is 304 g/mol. The minimum absolute atomic E-state index is 0.402. The predicted octanol–water partition coefficient (Wildman–Crippen LogP) is 2.96. The van der Waals surface area contributed by atoms with E-state index < -0.39 is 6.03 Å². The molecule has 0 bridgehead atoms. The molecule has 0 saturated heterocycles. The van der Waals surface area contributed by atoms with Crippen LogP contribution in [0.4, 0.5) is 16.2 Å². The number of hydrogen-bond acceptors (Lipinski definition) is 4. The molecule has 0 saturated carbocycles. The normalized spacial score (nSPS) is 10.2. The molecule has 7 nitrogen and oxygen atoms in total. The molecule has 0 unspecified atom stereocenters. The van der Waals surface area contributed by atoms with E-state index in [0.29, 0.717) is 22.3 Å². The number of amides is 2. The van der Waals surface area contributed by atoms with Crippen LogP contribution in [-0.2, 0) is 0 Å². The number of urea groups is 1. The molecule has 1 aromatic carbocycles. The van der Waals surface area contributed by atoms with Gasteiger partial charge in [-0.25, -0.2) is 19.7 Å². The molecule has 8 heteroatoms. The lowest BCUT2D eigenvalue weighted by atomic mass is 10.3. The van der Waals surface area contributed by atoms with Crippen LogP contribution >= 0.6 is 11.6 Å². The second kappa shape index (κ2) is 6.23. The topological polar surface area (TPSA) is 84.7 Å². The Kier molecular flexibility index (Phi) is 3.97. The fraction of sp³-hybridized carbons (Fsp3) is 0. The molecule has 0 radical (unpaired) electrons. The highest BCUT2D eigenvalue weighted by Gasteiger charge is 2.05. The number of anilines is 2. The summed E-state index contributed by atoms with van der Waals surface area (Å²) in [4.78, 5) is 24.1. The van der Waals surface area contributed by atoms with Crippen LogP contribution in [0.15, 0.2) is 55.4 Å². The molecule has 0 aliphatic carbocycles. The Morgan fingerprint density at radius 3 is 2.59 bits per heavy atom. The van der Waals surface area contributed by atoms with E-state index in [-0.39, 0.29) is 0 Å². The van der Waals surface area contributed by atoms with E-state index in [2.05, 4.69) is 25.6 Å². The van der Waals surface area contributed by atoms with Gasteiger partial charge in [-0.05, 0) is 18.2 Å². The number of rotatable bonds is 3. The Morgan fingerprint density at radius 1 is 1.14 bits per heavy atom. The fourth-order valence-corrected chi connectivity index (χ4v) is 1.95. The maximum Gasteiger partial charge on any atom is 0.323 e. The van der Waals surface area contributed by atoms with Gasteiger partial charge < -0.3 is 10.6 Å². The first kappa shape index (κ1) is 14.0. The lowest BCUT2D eigenvalue weighted by molar-refractivity contribution is 0.262. The monoisotopic (exact) mass is 314 g/mol. The van der Waals surface area contributed by atoms with Gasteiger partial charge in [0.25, 0.3) is 0 Å². The van der Waals surface area contributed by atoms with Gasteiger partial charge in [0.1, 0.15) is 6.33 Å². The first-order chi connectivity index (χ1) is 10.7. The van der Waals surface area contributed by atoms with E-state index in [1.807, 2.05) is 0 Å². The Bertz CT molecular complexity index is 772. The summed E-state index contributed by atoms with van der Waals surface area (Å²) >= 11 is 5.86. The quantitative estimate of drug-likeness (QED) is 0.778. The van der Waals surface area contributed by atoms with Crippen molar-refractivity contribution in [1.29, 1.82) is 0 Å². The van der Waals surface area contributed by atoms with Crippen molar-refractivity contribution in [2.45, 2.75) is 0 Å². The maximum absolute atomic E-state index is 11.9. The van der Waals surface area contributed by atoms with Gasteiger partial charge in [-0.1, -0.05) is 17.7 Å². The fourth-order valence-electron chi connectivity index (χ4n) is 1.76. The Morgan fingerprint density at radius 2 is 1.91 bits per heavy atom. The third-order valence-electron chi connectivity index (χ3n) is 2.71. The van der Waals surface area contributed by atoms with E-state index >= 15 is 0 Å². The zero-order valence-electron chi connectivity index (χ0n) is 11.3. The van der Waals surface area contributed by atoms with Crippen molar-refractivity contribution in [3.05, 3.63) is 60.4 Å². The van der Waals surface area contributed by atoms with Crippen LogP contribution in [0.25, 0.3) is 5.95 Å². The molecule has 0 spiro atoms. The number of aromatic nitrogens is 4. The third kappa shape index (κ3) is 3.39. The number of hydrogen-bond donors (Lipinski definition) is 2. The lowest BCUT2D eigenvalue weighted by Gasteiger charge is -2.08. The van der Waals surface area contributed by atoms with Gasteiger partial charge in [0.15, 0.2) is 0 Å². The first-order valence-electron chi connectivity index (χ1n) is 6.35. The number of carbonyl (C=O) groups is 1. The van der Waals surface area contributed by atoms with Crippen LogP contribution in [0.2, 0.25) is 5.02 Å². The summed E-state index contributed by atoms with van der Waals surface area (Å²) in [7, 11) is 0. The summed E-state index contributed by atoms with van der Waals surface area (Å²) in [5, 5.41) is 5.85. The molecule has 0 aliphatic rings. The van der Waals surface area contributed by atoms with Crippen LogP contribution in [-0.4, -0.2) is 25.6 Å². The minimum Gasteiger partial charge on any atom is -0.308 e. The van der Waals surface area contributed by atoms with Crippen molar-refractivity contribution in [3.8, 4) is 5.95 Å². The predicted molar refractivity (Wildman–Crippen MR) is 83.2 cm³/mol. The Labute approximate surface area is 131 Å². The zero-order valence-corrected chi connectivity index (χ0v) is 12.0. The summed E-state index contributed by atoms with van der Waals surface area (Å²) in [6.45, 7) is 0.